The van der Waals surface area contributed by atoms with Gasteiger partial charge >= 0.3 is 0 Å². The van der Waals surface area contributed by atoms with Gasteiger partial charge in [-0.15, -0.1) is 0 Å². The van der Waals surface area contributed by atoms with Crippen molar-refractivity contribution >= 4 is 0 Å². The number of benzene rings is 1. The molecule has 1 aromatic rings. The van der Waals surface area contributed by atoms with Crippen molar-refractivity contribution in [1.82, 2.24) is 0 Å². The Balaban J connectivity index is 1.74. The van der Waals surface area contributed by atoms with Gasteiger partial charge in [-0.3, -0.25) is 0 Å². The first-order chi connectivity index (χ1) is 8.28. The van der Waals surface area contributed by atoms with Crippen LogP contribution in [-0.4, -0.2) is 19.3 Å². The quantitative estimate of drug-likeness (QED) is 0.801. The number of rotatable bonds is 4. The van der Waals surface area contributed by atoms with E-state index in [2.05, 4.69) is 0 Å². The molecule has 1 fully saturated rings. The second kappa shape index (κ2) is 6.12. The van der Waals surface area contributed by atoms with Gasteiger partial charge in [0, 0.05) is 7.11 Å². The Labute approximate surface area is 102 Å². The number of methoxy groups -OCH3 is 1. The smallest absolute Gasteiger partial charge is 0.123 e. The molecule has 0 atom stereocenters. The molecule has 0 heterocycles. The van der Waals surface area contributed by atoms with Crippen LogP contribution in [0, 0.1) is 5.82 Å². The fourth-order valence-corrected chi connectivity index (χ4v) is 2.23. The minimum Gasteiger partial charge on any atom is -0.381 e. The molecule has 1 aliphatic carbocycles. The van der Waals surface area contributed by atoms with Gasteiger partial charge in [-0.1, -0.05) is 12.1 Å². The number of hydrogen-bond acceptors (Lipinski definition) is 2. The summed E-state index contributed by atoms with van der Waals surface area (Å²) in [6, 6.07) is 6.49. The monoisotopic (exact) mass is 238 g/mol. The van der Waals surface area contributed by atoms with Crippen LogP contribution < -0.4 is 0 Å². The highest BCUT2D eigenvalue weighted by molar-refractivity contribution is 5.14. The SMILES string of the molecule is CO[C@H]1CC[C@H](OCc2ccc(F)cc2)CC1. The van der Waals surface area contributed by atoms with Crippen molar-refractivity contribution in [2.24, 2.45) is 0 Å². The van der Waals surface area contributed by atoms with E-state index < -0.39 is 0 Å². The largest absolute Gasteiger partial charge is 0.381 e. The molecular weight excluding hydrogens is 219 g/mol. The van der Waals surface area contributed by atoms with Gasteiger partial charge in [0.15, 0.2) is 0 Å². The molecular formula is C14H19FO2. The summed E-state index contributed by atoms with van der Waals surface area (Å²) in [4.78, 5) is 0. The van der Waals surface area contributed by atoms with E-state index in [-0.39, 0.29) is 5.82 Å². The third-order valence-corrected chi connectivity index (χ3v) is 3.35. The van der Waals surface area contributed by atoms with E-state index in [1.807, 2.05) is 0 Å². The fraction of sp³-hybridized carbons (Fsp3) is 0.571. The average Bonchev–Trinajstić information content (AvgIpc) is 2.39. The van der Waals surface area contributed by atoms with E-state index in [9.17, 15) is 4.39 Å². The molecule has 2 nitrogen and oxygen atoms in total. The highest BCUT2D eigenvalue weighted by Gasteiger charge is 2.21. The second-order valence-corrected chi connectivity index (χ2v) is 4.57. The summed E-state index contributed by atoms with van der Waals surface area (Å²) >= 11 is 0. The van der Waals surface area contributed by atoms with E-state index in [1.165, 1.54) is 12.1 Å². The lowest BCUT2D eigenvalue weighted by molar-refractivity contribution is -0.0235. The van der Waals surface area contributed by atoms with Crippen molar-refractivity contribution in [3.8, 4) is 0 Å². The molecule has 1 aromatic carbocycles. The maximum atomic E-state index is 12.7. The molecule has 0 saturated heterocycles. The van der Waals surface area contributed by atoms with Crippen LogP contribution in [0.5, 0.6) is 0 Å². The van der Waals surface area contributed by atoms with Crippen LogP contribution in [0.3, 0.4) is 0 Å². The molecule has 1 saturated carbocycles. The maximum absolute atomic E-state index is 12.7. The molecule has 17 heavy (non-hydrogen) atoms. The van der Waals surface area contributed by atoms with Crippen LogP contribution in [0.15, 0.2) is 24.3 Å². The van der Waals surface area contributed by atoms with Crippen molar-refractivity contribution in [1.29, 1.82) is 0 Å². The zero-order valence-electron chi connectivity index (χ0n) is 10.2. The lowest BCUT2D eigenvalue weighted by atomic mass is 9.95. The molecule has 3 heteroatoms. The van der Waals surface area contributed by atoms with Gasteiger partial charge in [-0.25, -0.2) is 4.39 Å². The normalized spacial score (nSPS) is 24.8. The molecule has 0 N–H and O–H groups in total. The predicted molar refractivity (Wildman–Crippen MR) is 64.2 cm³/mol. The Bertz CT molecular complexity index is 329. The number of hydrogen-bond donors (Lipinski definition) is 0. The van der Waals surface area contributed by atoms with Crippen LogP contribution in [0.4, 0.5) is 4.39 Å². The zero-order chi connectivity index (χ0) is 12.1. The highest BCUT2D eigenvalue weighted by atomic mass is 19.1. The molecule has 0 radical (unpaired) electrons. The minimum atomic E-state index is -0.200. The van der Waals surface area contributed by atoms with Crippen LogP contribution in [-0.2, 0) is 16.1 Å². The minimum absolute atomic E-state index is 0.200. The Hall–Kier alpha value is -0.930. The van der Waals surface area contributed by atoms with Gasteiger partial charge < -0.3 is 9.47 Å². The molecule has 0 spiro atoms. The van der Waals surface area contributed by atoms with E-state index in [4.69, 9.17) is 9.47 Å². The second-order valence-electron chi connectivity index (χ2n) is 4.57. The highest BCUT2D eigenvalue weighted by Crippen LogP contribution is 2.23. The molecule has 0 unspecified atom stereocenters. The standard InChI is InChI=1S/C14H19FO2/c1-16-13-6-8-14(9-7-13)17-10-11-2-4-12(15)5-3-11/h2-5,13-14H,6-10H2,1H3/t13-,14-. The summed E-state index contributed by atoms with van der Waals surface area (Å²) in [6.45, 7) is 0.572. The molecule has 0 amide bonds. The van der Waals surface area contributed by atoms with Gasteiger partial charge in [-0.05, 0) is 43.4 Å². The van der Waals surface area contributed by atoms with E-state index in [0.717, 1.165) is 31.2 Å². The summed E-state index contributed by atoms with van der Waals surface area (Å²) in [7, 11) is 1.77. The average molecular weight is 238 g/mol. The van der Waals surface area contributed by atoms with Crippen molar-refractivity contribution in [2.75, 3.05) is 7.11 Å². The summed E-state index contributed by atoms with van der Waals surface area (Å²) in [6.07, 6.45) is 4.99. The molecule has 1 aliphatic rings. The van der Waals surface area contributed by atoms with Crippen LogP contribution >= 0.6 is 0 Å². The van der Waals surface area contributed by atoms with E-state index in [0.29, 0.717) is 18.8 Å². The predicted octanol–water partition coefficient (Wildman–Crippen LogP) is 3.30. The van der Waals surface area contributed by atoms with Crippen LogP contribution in [0.25, 0.3) is 0 Å². The molecule has 94 valence electrons. The van der Waals surface area contributed by atoms with Gasteiger partial charge in [0.05, 0.1) is 18.8 Å². The molecule has 2 rings (SSSR count). The van der Waals surface area contributed by atoms with Crippen LogP contribution in [0.2, 0.25) is 0 Å². The summed E-state index contributed by atoms with van der Waals surface area (Å²) in [5, 5.41) is 0. The summed E-state index contributed by atoms with van der Waals surface area (Å²) in [5.41, 5.74) is 1.03. The van der Waals surface area contributed by atoms with Crippen molar-refractivity contribution in [3.63, 3.8) is 0 Å². The molecule has 0 aliphatic heterocycles. The Kier molecular flexibility index (Phi) is 4.51. The first-order valence-electron chi connectivity index (χ1n) is 6.17. The maximum Gasteiger partial charge on any atom is 0.123 e. The lowest BCUT2D eigenvalue weighted by Gasteiger charge is -2.27. The van der Waals surface area contributed by atoms with Gasteiger partial charge in [0.2, 0.25) is 0 Å². The Morgan fingerprint density at radius 3 is 2.24 bits per heavy atom. The number of halogens is 1. The molecule has 0 aromatic heterocycles. The van der Waals surface area contributed by atoms with Gasteiger partial charge in [0.1, 0.15) is 5.82 Å². The van der Waals surface area contributed by atoms with Crippen molar-refractivity contribution in [2.45, 2.75) is 44.5 Å². The van der Waals surface area contributed by atoms with Crippen molar-refractivity contribution < 1.29 is 13.9 Å². The first kappa shape index (κ1) is 12.5. The van der Waals surface area contributed by atoms with Gasteiger partial charge in [-0.2, -0.15) is 0 Å². The van der Waals surface area contributed by atoms with E-state index in [1.54, 1.807) is 19.2 Å². The van der Waals surface area contributed by atoms with Crippen molar-refractivity contribution in [3.05, 3.63) is 35.6 Å². The zero-order valence-corrected chi connectivity index (χ0v) is 10.2. The Morgan fingerprint density at radius 2 is 1.65 bits per heavy atom. The summed E-state index contributed by atoms with van der Waals surface area (Å²) < 4.78 is 23.9. The van der Waals surface area contributed by atoms with Gasteiger partial charge in [0.25, 0.3) is 0 Å². The molecule has 0 bridgehead atoms. The Morgan fingerprint density at radius 1 is 1.06 bits per heavy atom. The fourth-order valence-electron chi connectivity index (χ4n) is 2.23. The van der Waals surface area contributed by atoms with Crippen LogP contribution in [0.1, 0.15) is 31.2 Å². The first-order valence-corrected chi connectivity index (χ1v) is 6.17. The number of ether oxygens (including phenoxy) is 2. The topological polar surface area (TPSA) is 18.5 Å². The third-order valence-electron chi connectivity index (χ3n) is 3.35. The summed E-state index contributed by atoms with van der Waals surface area (Å²) in [5.74, 6) is -0.200. The lowest BCUT2D eigenvalue weighted by Crippen LogP contribution is -2.25. The third kappa shape index (κ3) is 3.79. The van der Waals surface area contributed by atoms with E-state index >= 15 is 0 Å².